The molecule has 0 aromatic heterocycles. The number of aliphatic imine (C=N–C) groups is 1. The minimum absolute atomic E-state index is 0.154. The zero-order chi connectivity index (χ0) is 19.1. The Morgan fingerprint density at radius 2 is 2.11 bits per heavy atom. The molecule has 0 saturated heterocycles. The minimum Gasteiger partial charge on any atom is -0.357 e. The van der Waals surface area contributed by atoms with Crippen LogP contribution in [-0.4, -0.2) is 36.0 Å². The highest BCUT2D eigenvalue weighted by Gasteiger charge is 2.25. The lowest BCUT2D eigenvalue weighted by Crippen LogP contribution is -2.42. The maximum Gasteiger partial charge on any atom is 0.227 e. The number of carbonyl (C=O) groups excluding carboxylic acids is 1. The van der Waals surface area contributed by atoms with E-state index >= 15 is 0 Å². The molecule has 2 fully saturated rings. The summed E-state index contributed by atoms with van der Waals surface area (Å²) in [4.78, 5) is 16.9. The first-order valence-corrected chi connectivity index (χ1v) is 11.4. The van der Waals surface area contributed by atoms with Crippen molar-refractivity contribution in [2.24, 2.45) is 10.9 Å². The highest BCUT2D eigenvalue weighted by atomic mass is 32.2. The summed E-state index contributed by atoms with van der Waals surface area (Å²) in [5.41, 5.74) is 1.98. The van der Waals surface area contributed by atoms with Crippen LogP contribution >= 0.6 is 11.8 Å². The predicted octanol–water partition coefficient (Wildman–Crippen LogP) is 3.76. The summed E-state index contributed by atoms with van der Waals surface area (Å²) >= 11 is 1.97. The molecule has 1 aromatic rings. The summed E-state index contributed by atoms with van der Waals surface area (Å²) in [5.74, 6) is 1.24. The molecule has 3 rings (SSSR count). The molecule has 2 aliphatic rings. The van der Waals surface area contributed by atoms with E-state index in [0.29, 0.717) is 12.6 Å². The molecule has 0 heterocycles. The van der Waals surface area contributed by atoms with E-state index in [-0.39, 0.29) is 11.8 Å². The first-order chi connectivity index (χ1) is 13.2. The van der Waals surface area contributed by atoms with Crippen molar-refractivity contribution in [1.29, 1.82) is 0 Å². The number of rotatable bonds is 7. The molecule has 5 nitrogen and oxygen atoms in total. The highest BCUT2D eigenvalue weighted by Crippen LogP contribution is 2.28. The molecule has 6 heteroatoms. The monoisotopic (exact) mass is 388 g/mol. The molecule has 2 unspecified atom stereocenters. The first kappa shape index (κ1) is 20.1. The smallest absolute Gasteiger partial charge is 0.227 e. The molecule has 2 saturated carbocycles. The van der Waals surface area contributed by atoms with Crippen molar-refractivity contribution >= 4 is 29.3 Å². The Labute approximate surface area is 167 Å². The summed E-state index contributed by atoms with van der Waals surface area (Å²) in [6.45, 7) is 3.54. The number of amides is 1. The van der Waals surface area contributed by atoms with Gasteiger partial charge in [-0.25, -0.2) is 4.99 Å². The van der Waals surface area contributed by atoms with E-state index in [4.69, 9.17) is 4.99 Å². The van der Waals surface area contributed by atoms with Crippen LogP contribution in [0, 0.1) is 5.92 Å². The summed E-state index contributed by atoms with van der Waals surface area (Å²) in [6.07, 6.45) is 9.10. The molecule has 0 spiro atoms. The molecular weight excluding hydrogens is 356 g/mol. The summed E-state index contributed by atoms with van der Waals surface area (Å²) in [7, 11) is 0. The van der Waals surface area contributed by atoms with Gasteiger partial charge in [-0.1, -0.05) is 18.6 Å². The van der Waals surface area contributed by atoms with Crippen molar-refractivity contribution in [2.45, 2.75) is 63.3 Å². The van der Waals surface area contributed by atoms with Gasteiger partial charge in [0.15, 0.2) is 5.96 Å². The van der Waals surface area contributed by atoms with Gasteiger partial charge >= 0.3 is 0 Å². The molecular formula is C21H32N4OS. The lowest BCUT2D eigenvalue weighted by molar-refractivity contribution is -0.122. The molecule has 148 valence electrons. The van der Waals surface area contributed by atoms with E-state index in [1.165, 1.54) is 25.7 Å². The van der Waals surface area contributed by atoms with E-state index in [1.54, 1.807) is 0 Å². The minimum atomic E-state index is 0.154. The second-order valence-electron chi connectivity index (χ2n) is 7.52. The van der Waals surface area contributed by atoms with E-state index in [1.807, 2.05) is 30.0 Å². The Hall–Kier alpha value is -1.69. The number of benzene rings is 1. The molecule has 0 aliphatic heterocycles. The van der Waals surface area contributed by atoms with Crippen LogP contribution < -0.4 is 16.0 Å². The Kier molecular flexibility index (Phi) is 7.44. The third-order valence-corrected chi connectivity index (χ3v) is 6.59. The van der Waals surface area contributed by atoms with Crippen molar-refractivity contribution in [3.63, 3.8) is 0 Å². The third kappa shape index (κ3) is 5.89. The fraction of sp³-hybridized carbons (Fsp3) is 0.619. The Morgan fingerprint density at radius 3 is 2.78 bits per heavy atom. The van der Waals surface area contributed by atoms with Crippen molar-refractivity contribution in [3.05, 3.63) is 29.8 Å². The van der Waals surface area contributed by atoms with Crippen LogP contribution in [0.25, 0.3) is 0 Å². The van der Waals surface area contributed by atoms with E-state index in [9.17, 15) is 4.79 Å². The zero-order valence-electron chi connectivity index (χ0n) is 16.5. The SMILES string of the molecule is CCNC(=NCc1cccc(NC(=O)C2CCC2)c1)NC1CCC(SC)C1. The second kappa shape index (κ2) is 10.0. The van der Waals surface area contributed by atoms with Crippen LogP contribution in [0.4, 0.5) is 5.69 Å². The number of guanidine groups is 1. The largest absolute Gasteiger partial charge is 0.357 e. The van der Waals surface area contributed by atoms with Gasteiger partial charge in [-0.05, 0) is 63.0 Å². The molecule has 2 atom stereocenters. The zero-order valence-corrected chi connectivity index (χ0v) is 17.3. The van der Waals surface area contributed by atoms with Gasteiger partial charge in [0.2, 0.25) is 5.91 Å². The molecule has 0 radical (unpaired) electrons. The topological polar surface area (TPSA) is 65.5 Å². The first-order valence-electron chi connectivity index (χ1n) is 10.2. The van der Waals surface area contributed by atoms with Gasteiger partial charge in [-0.3, -0.25) is 4.79 Å². The number of hydrogen-bond acceptors (Lipinski definition) is 3. The Bertz CT molecular complexity index is 659. The molecule has 1 amide bonds. The van der Waals surface area contributed by atoms with E-state index in [2.05, 4.69) is 35.2 Å². The lowest BCUT2D eigenvalue weighted by Gasteiger charge is -2.24. The van der Waals surface area contributed by atoms with Crippen LogP contribution in [0.2, 0.25) is 0 Å². The van der Waals surface area contributed by atoms with Crippen molar-refractivity contribution < 1.29 is 4.79 Å². The second-order valence-corrected chi connectivity index (χ2v) is 8.66. The maximum atomic E-state index is 12.1. The fourth-order valence-electron chi connectivity index (χ4n) is 3.63. The number of nitrogens with one attached hydrogen (secondary N) is 3. The number of anilines is 1. The van der Waals surface area contributed by atoms with Gasteiger partial charge in [0.25, 0.3) is 0 Å². The Morgan fingerprint density at radius 1 is 1.26 bits per heavy atom. The number of carbonyl (C=O) groups is 1. The van der Waals surface area contributed by atoms with Crippen molar-refractivity contribution in [2.75, 3.05) is 18.1 Å². The van der Waals surface area contributed by atoms with Gasteiger partial charge in [0.1, 0.15) is 0 Å². The molecule has 1 aromatic carbocycles. The lowest BCUT2D eigenvalue weighted by atomic mass is 9.85. The van der Waals surface area contributed by atoms with Gasteiger partial charge in [0, 0.05) is 29.4 Å². The number of nitrogens with zero attached hydrogens (tertiary/aromatic N) is 1. The maximum absolute atomic E-state index is 12.1. The van der Waals surface area contributed by atoms with Gasteiger partial charge in [0.05, 0.1) is 6.54 Å². The van der Waals surface area contributed by atoms with Gasteiger partial charge in [-0.15, -0.1) is 0 Å². The standard InChI is InChI=1S/C21H32N4OS/c1-3-22-21(25-18-10-11-19(13-18)27-2)23-14-15-6-4-9-17(12-15)24-20(26)16-7-5-8-16/h4,6,9,12,16,18-19H,3,5,7-8,10-11,13-14H2,1-2H3,(H,24,26)(H2,22,23,25). The van der Waals surface area contributed by atoms with Crippen molar-refractivity contribution in [1.82, 2.24) is 10.6 Å². The van der Waals surface area contributed by atoms with Crippen molar-refractivity contribution in [3.8, 4) is 0 Å². The van der Waals surface area contributed by atoms with Crippen LogP contribution in [0.15, 0.2) is 29.3 Å². The average Bonchev–Trinajstić information content (AvgIpc) is 3.06. The normalized spacial score (nSPS) is 23.0. The van der Waals surface area contributed by atoms with Gasteiger partial charge < -0.3 is 16.0 Å². The molecule has 0 bridgehead atoms. The van der Waals surface area contributed by atoms with Gasteiger partial charge in [-0.2, -0.15) is 11.8 Å². The number of hydrogen-bond donors (Lipinski definition) is 3. The molecule has 27 heavy (non-hydrogen) atoms. The Balaban J connectivity index is 1.56. The number of thioether (sulfide) groups is 1. The summed E-state index contributed by atoms with van der Waals surface area (Å²) < 4.78 is 0. The van der Waals surface area contributed by atoms with Crippen LogP contribution in [-0.2, 0) is 11.3 Å². The molecule has 3 N–H and O–H groups in total. The summed E-state index contributed by atoms with van der Waals surface area (Å²) in [5, 5.41) is 10.7. The van der Waals surface area contributed by atoms with Crippen LogP contribution in [0.1, 0.15) is 51.0 Å². The van der Waals surface area contributed by atoms with Crippen LogP contribution in [0.3, 0.4) is 0 Å². The molecule has 2 aliphatic carbocycles. The predicted molar refractivity (Wildman–Crippen MR) is 115 cm³/mol. The van der Waals surface area contributed by atoms with E-state index in [0.717, 1.165) is 41.8 Å². The van der Waals surface area contributed by atoms with E-state index < -0.39 is 0 Å². The fourth-order valence-corrected chi connectivity index (χ4v) is 4.43. The van der Waals surface area contributed by atoms with Crippen LogP contribution in [0.5, 0.6) is 0 Å². The summed E-state index contributed by atoms with van der Waals surface area (Å²) in [6, 6.07) is 8.54. The average molecular weight is 389 g/mol. The third-order valence-electron chi connectivity index (χ3n) is 5.49. The quantitative estimate of drug-likeness (QED) is 0.491. The highest BCUT2D eigenvalue weighted by molar-refractivity contribution is 7.99.